The second kappa shape index (κ2) is 4.64. The molecule has 0 spiro atoms. The Morgan fingerprint density at radius 2 is 1.89 bits per heavy atom. The van der Waals surface area contributed by atoms with Crippen LogP contribution in [0, 0.1) is 11.8 Å². The number of benzene rings is 1. The van der Waals surface area contributed by atoms with Gasteiger partial charge in [0.2, 0.25) is 0 Å². The molecule has 1 aliphatic heterocycles. The molecule has 5 heteroatoms. The van der Waals surface area contributed by atoms with Crippen molar-refractivity contribution in [2.75, 3.05) is 13.1 Å². The van der Waals surface area contributed by atoms with Crippen molar-refractivity contribution in [1.29, 1.82) is 0 Å². The number of aromatic amines is 1. The lowest BCUT2D eigenvalue weighted by Crippen LogP contribution is -2.42. The normalized spacial score (nSPS) is 23.8. The maximum Gasteiger partial charge on any atom is 0.253 e. The van der Waals surface area contributed by atoms with Crippen LogP contribution < -0.4 is 0 Å². The first-order valence-corrected chi connectivity index (χ1v) is 6.73. The van der Waals surface area contributed by atoms with E-state index in [0.29, 0.717) is 17.4 Å². The zero-order valence-corrected chi connectivity index (χ0v) is 11.3. The number of piperidine rings is 1. The van der Waals surface area contributed by atoms with Crippen molar-refractivity contribution in [1.82, 2.24) is 20.3 Å². The van der Waals surface area contributed by atoms with Gasteiger partial charge in [0, 0.05) is 18.7 Å². The minimum absolute atomic E-state index is 0.100. The van der Waals surface area contributed by atoms with Crippen LogP contribution in [-0.4, -0.2) is 39.3 Å². The Balaban J connectivity index is 1.86. The van der Waals surface area contributed by atoms with Crippen LogP contribution in [-0.2, 0) is 0 Å². The minimum Gasteiger partial charge on any atom is -0.338 e. The molecule has 19 heavy (non-hydrogen) atoms. The highest BCUT2D eigenvalue weighted by Gasteiger charge is 2.26. The van der Waals surface area contributed by atoms with E-state index in [1.54, 1.807) is 0 Å². The highest BCUT2D eigenvalue weighted by atomic mass is 16.2. The molecule has 1 amide bonds. The van der Waals surface area contributed by atoms with Gasteiger partial charge in [0.05, 0.1) is 0 Å². The first-order chi connectivity index (χ1) is 9.13. The van der Waals surface area contributed by atoms with Gasteiger partial charge in [0.15, 0.2) is 0 Å². The predicted octanol–water partition coefficient (Wildman–Crippen LogP) is 2.08. The topological polar surface area (TPSA) is 61.9 Å². The van der Waals surface area contributed by atoms with Crippen LogP contribution in [0.2, 0.25) is 0 Å². The molecule has 2 atom stereocenters. The lowest BCUT2D eigenvalue weighted by molar-refractivity contribution is 0.0623. The van der Waals surface area contributed by atoms with E-state index in [-0.39, 0.29) is 5.91 Å². The average Bonchev–Trinajstić information content (AvgIpc) is 2.83. The molecule has 0 bridgehead atoms. The number of aromatic nitrogens is 3. The molecular formula is C14H18N4O. The number of nitrogens with zero attached hydrogens (tertiary/aromatic N) is 3. The SMILES string of the molecule is C[C@@H]1C[C@H](C)CN(C(=O)c2ccc3n[nH]nc3c2)C1. The fourth-order valence-corrected chi connectivity index (χ4v) is 2.98. The van der Waals surface area contributed by atoms with Crippen LogP contribution in [0.4, 0.5) is 0 Å². The van der Waals surface area contributed by atoms with Crippen molar-refractivity contribution in [2.45, 2.75) is 20.3 Å². The van der Waals surface area contributed by atoms with Gasteiger partial charge in [0.25, 0.3) is 5.91 Å². The van der Waals surface area contributed by atoms with Gasteiger partial charge in [-0.25, -0.2) is 0 Å². The van der Waals surface area contributed by atoms with E-state index >= 15 is 0 Å². The number of carbonyl (C=O) groups excluding carboxylic acids is 1. The van der Waals surface area contributed by atoms with E-state index in [2.05, 4.69) is 29.3 Å². The molecule has 0 aliphatic carbocycles. The lowest BCUT2D eigenvalue weighted by atomic mass is 9.91. The molecule has 1 fully saturated rings. The van der Waals surface area contributed by atoms with Crippen molar-refractivity contribution in [2.24, 2.45) is 11.8 Å². The second-order valence-corrected chi connectivity index (χ2v) is 5.68. The Labute approximate surface area is 112 Å². The van der Waals surface area contributed by atoms with Crippen LogP contribution in [0.1, 0.15) is 30.6 Å². The third-order valence-corrected chi connectivity index (χ3v) is 3.72. The Kier molecular flexibility index (Phi) is 2.97. The summed E-state index contributed by atoms with van der Waals surface area (Å²) in [7, 11) is 0. The van der Waals surface area contributed by atoms with Crippen LogP contribution in [0.3, 0.4) is 0 Å². The summed E-state index contributed by atoms with van der Waals surface area (Å²) in [6.07, 6.45) is 1.20. The van der Waals surface area contributed by atoms with E-state index in [1.165, 1.54) is 6.42 Å². The van der Waals surface area contributed by atoms with E-state index in [9.17, 15) is 4.79 Å². The van der Waals surface area contributed by atoms with Crippen molar-refractivity contribution < 1.29 is 4.79 Å². The minimum atomic E-state index is 0.100. The van der Waals surface area contributed by atoms with Crippen LogP contribution >= 0.6 is 0 Å². The van der Waals surface area contributed by atoms with Gasteiger partial charge in [-0.15, -0.1) is 0 Å². The summed E-state index contributed by atoms with van der Waals surface area (Å²) in [6, 6.07) is 5.48. The predicted molar refractivity (Wildman–Crippen MR) is 72.7 cm³/mol. The zero-order valence-electron chi connectivity index (χ0n) is 11.3. The summed E-state index contributed by atoms with van der Waals surface area (Å²) in [5, 5.41) is 10.6. The maximum atomic E-state index is 12.5. The molecule has 1 N–H and O–H groups in total. The summed E-state index contributed by atoms with van der Waals surface area (Å²) < 4.78 is 0. The van der Waals surface area contributed by atoms with E-state index in [1.807, 2.05) is 23.1 Å². The Morgan fingerprint density at radius 3 is 2.63 bits per heavy atom. The molecule has 5 nitrogen and oxygen atoms in total. The summed E-state index contributed by atoms with van der Waals surface area (Å²) in [5.74, 6) is 1.25. The van der Waals surface area contributed by atoms with Gasteiger partial charge >= 0.3 is 0 Å². The molecule has 3 rings (SSSR count). The monoisotopic (exact) mass is 258 g/mol. The number of hydrogen-bond acceptors (Lipinski definition) is 3. The molecule has 2 aromatic rings. The number of fused-ring (bicyclic) bond motifs is 1. The molecule has 1 aromatic carbocycles. The second-order valence-electron chi connectivity index (χ2n) is 5.68. The molecule has 1 saturated heterocycles. The standard InChI is InChI=1S/C14H18N4O/c1-9-5-10(2)8-18(7-9)14(19)11-3-4-12-13(6-11)16-17-15-12/h3-4,6,9-10H,5,7-8H2,1-2H3,(H,15,16,17)/t9-,10+. The fourth-order valence-electron chi connectivity index (χ4n) is 2.98. The summed E-state index contributed by atoms with van der Waals surface area (Å²) in [5.41, 5.74) is 2.23. The van der Waals surface area contributed by atoms with E-state index in [0.717, 1.165) is 24.1 Å². The quantitative estimate of drug-likeness (QED) is 0.851. The molecule has 0 unspecified atom stereocenters. The molecule has 0 saturated carbocycles. The summed E-state index contributed by atoms with van der Waals surface area (Å²) in [6.45, 7) is 6.10. The maximum absolute atomic E-state index is 12.5. The number of amides is 1. The zero-order chi connectivity index (χ0) is 13.4. The van der Waals surface area contributed by atoms with Crippen LogP contribution in [0.15, 0.2) is 18.2 Å². The number of nitrogens with one attached hydrogen (secondary N) is 1. The van der Waals surface area contributed by atoms with Crippen molar-refractivity contribution in [3.05, 3.63) is 23.8 Å². The van der Waals surface area contributed by atoms with Crippen molar-refractivity contribution >= 4 is 16.9 Å². The van der Waals surface area contributed by atoms with E-state index in [4.69, 9.17) is 0 Å². The molecule has 0 radical (unpaired) electrons. The Morgan fingerprint density at radius 1 is 1.21 bits per heavy atom. The van der Waals surface area contributed by atoms with E-state index < -0.39 is 0 Å². The molecule has 2 heterocycles. The third-order valence-electron chi connectivity index (χ3n) is 3.72. The molecule has 100 valence electrons. The van der Waals surface area contributed by atoms with Crippen molar-refractivity contribution in [3.8, 4) is 0 Å². The lowest BCUT2D eigenvalue weighted by Gasteiger charge is -2.35. The number of carbonyl (C=O) groups is 1. The third kappa shape index (κ3) is 2.32. The largest absolute Gasteiger partial charge is 0.338 e. The smallest absolute Gasteiger partial charge is 0.253 e. The van der Waals surface area contributed by atoms with Crippen molar-refractivity contribution in [3.63, 3.8) is 0 Å². The van der Waals surface area contributed by atoms with Gasteiger partial charge in [-0.1, -0.05) is 13.8 Å². The van der Waals surface area contributed by atoms with Gasteiger partial charge < -0.3 is 4.90 Å². The highest BCUT2D eigenvalue weighted by Crippen LogP contribution is 2.23. The van der Waals surface area contributed by atoms with Crippen LogP contribution in [0.5, 0.6) is 0 Å². The molecule has 1 aromatic heterocycles. The van der Waals surface area contributed by atoms with Gasteiger partial charge in [-0.3, -0.25) is 4.79 Å². The number of H-pyrrole nitrogens is 1. The summed E-state index contributed by atoms with van der Waals surface area (Å²) >= 11 is 0. The Bertz CT molecular complexity index is 596. The first kappa shape index (κ1) is 12.1. The molecular weight excluding hydrogens is 240 g/mol. The van der Waals surface area contributed by atoms with Gasteiger partial charge in [0.1, 0.15) is 11.0 Å². The molecule has 1 aliphatic rings. The number of rotatable bonds is 1. The van der Waals surface area contributed by atoms with Gasteiger partial charge in [-0.05, 0) is 36.5 Å². The number of hydrogen-bond donors (Lipinski definition) is 1. The van der Waals surface area contributed by atoms with Crippen LogP contribution in [0.25, 0.3) is 11.0 Å². The number of likely N-dealkylation sites (tertiary alicyclic amines) is 1. The average molecular weight is 258 g/mol. The first-order valence-electron chi connectivity index (χ1n) is 6.73. The Hall–Kier alpha value is -1.91. The van der Waals surface area contributed by atoms with Gasteiger partial charge in [-0.2, -0.15) is 15.4 Å². The highest BCUT2D eigenvalue weighted by molar-refractivity contribution is 5.97. The fraction of sp³-hybridized carbons (Fsp3) is 0.500. The summed E-state index contributed by atoms with van der Waals surface area (Å²) in [4.78, 5) is 14.5.